The average molecular weight is 117 g/mol. The number of rotatable bonds is 0. The van der Waals surface area contributed by atoms with Gasteiger partial charge in [0.05, 0.1) is 5.70 Å². The van der Waals surface area contributed by atoms with Gasteiger partial charge in [-0.05, 0) is 18.6 Å². The van der Waals surface area contributed by atoms with Crippen LogP contribution in [0.1, 0.15) is 6.92 Å². The highest BCUT2D eigenvalue weighted by Crippen LogP contribution is 2.26. The Morgan fingerprint density at radius 3 is 3.11 bits per heavy atom. The van der Waals surface area contributed by atoms with Crippen molar-refractivity contribution < 1.29 is 0 Å². The van der Waals surface area contributed by atoms with E-state index < -0.39 is 0 Å². The van der Waals surface area contributed by atoms with Gasteiger partial charge in [-0.1, -0.05) is 12.2 Å². The molecule has 9 heavy (non-hydrogen) atoms. The maximum atomic E-state index is 4.18. The first-order valence-corrected chi connectivity index (χ1v) is 3.01. The Kier molecular flexibility index (Phi) is 0.758. The van der Waals surface area contributed by atoms with Crippen LogP contribution >= 0.6 is 0 Å². The van der Waals surface area contributed by atoms with Crippen molar-refractivity contribution in [3.63, 3.8) is 0 Å². The van der Waals surface area contributed by atoms with E-state index in [0.717, 1.165) is 5.70 Å². The quantitative estimate of drug-likeness (QED) is 0.459. The number of hydrogen-bond acceptors (Lipinski definition) is 1. The second kappa shape index (κ2) is 1.44. The smallest absolute Gasteiger partial charge is 0.0705 e. The summed E-state index contributed by atoms with van der Waals surface area (Å²) in [6, 6.07) is 0. The molecule has 44 valence electrons. The minimum absolute atomic E-state index is 1.12. The lowest BCUT2D eigenvalue weighted by Crippen LogP contribution is -1.74. The average Bonchev–Trinajstić information content (AvgIpc) is 2.35. The molecule has 1 heterocycles. The molecule has 1 nitrogen and oxygen atoms in total. The van der Waals surface area contributed by atoms with Crippen LogP contribution in [0, 0.1) is 0 Å². The van der Waals surface area contributed by atoms with Crippen molar-refractivity contribution in [3.8, 4) is 0 Å². The zero-order chi connectivity index (χ0) is 6.27. The minimum Gasteiger partial charge on any atom is -0.256 e. The molecule has 0 N–H and O–H groups in total. The summed E-state index contributed by atoms with van der Waals surface area (Å²) in [5.41, 5.74) is 3.68. The SMILES string of the molecule is CC1=C2C=CC=C2N=C1. The Bertz CT molecular complexity index is 264. The van der Waals surface area contributed by atoms with E-state index >= 15 is 0 Å². The number of allylic oxidation sites excluding steroid dienone is 4. The van der Waals surface area contributed by atoms with Crippen LogP contribution in [0.5, 0.6) is 0 Å². The lowest BCUT2D eigenvalue weighted by Gasteiger charge is -1.88. The van der Waals surface area contributed by atoms with Crippen LogP contribution in [0.4, 0.5) is 0 Å². The first-order chi connectivity index (χ1) is 4.38. The summed E-state index contributed by atoms with van der Waals surface area (Å²) in [6.45, 7) is 2.08. The van der Waals surface area contributed by atoms with Crippen LogP contribution in [0.2, 0.25) is 0 Å². The van der Waals surface area contributed by atoms with Gasteiger partial charge in [0, 0.05) is 11.8 Å². The van der Waals surface area contributed by atoms with Crippen molar-refractivity contribution in [3.05, 3.63) is 35.1 Å². The first kappa shape index (κ1) is 4.74. The van der Waals surface area contributed by atoms with Crippen molar-refractivity contribution in [1.82, 2.24) is 0 Å². The van der Waals surface area contributed by atoms with Gasteiger partial charge in [0.1, 0.15) is 0 Å². The largest absolute Gasteiger partial charge is 0.256 e. The van der Waals surface area contributed by atoms with E-state index in [1.54, 1.807) is 0 Å². The van der Waals surface area contributed by atoms with E-state index in [9.17, 15) is 0 Å². The van der Waals surface area contributed by atoms with Crippen molar-refractivity contribution in [2.75, 3.05) is 0 Å². The molecule has 0 bridgehead atoms. The molecule has 0 radical (unpaired) electrons. The number of hydrogen-bond donors (Lipinski definition) is 0. The molecule has 0 amide bonds. The van der Waals surface area contributed by atoms with Crippen LogP contribution < -0.4 is 0 Å². The van der Waals surface area contributed by atoms with Gasteiger partial charge in [-0.25, -0.2) is 0 Å². The highest BCUT2D eigenvalue weighted by molar-refractivity contribution is 5.87. The highest BCUT2D eigenvalue weighted by atomic mass is 14.8. The van der Waals surface area contributed by atoms with Gasteiger partial charge < -0.3 is 0 Å². The fourth-order valence-electron chi connectivity index (χ4n) is 1.09. The Morgan fingerprint density at radius 2 is 2.33 bits per heavy atom. The van der Waals surface area contributed by atoms with Gasteiger partial charge in [-0.2, -0.15) is 0 Å². The number of aliphatic imine (C=N–C) groups is 1. The summed E-state index contributed by atoms with van der Waals surface area (Å²) in [5, 5.41) is 0. The summed E-state index contributed by atoms with van der Waals surface area (Å²) >= 11 is 0. The zero-order valence-electron chi connectivity index (χ0n) is 5.26. The van der Waals surface area contributed by atoms with Gasteiger partial charge in [-0.3, -0.25) is 4.99 Å². The molecule has 0 aromatic carbocycles. The van der Waals surface area contributed by atoms with E-state index in [0.29, 0.717) is 0 Å². The molecule has 0 saturated carbocycles. The summed E-state index contributed by atoms with van der Waals surface area (Å²) < 4.78 is 0. The molecule has 0 aromatic rings. The third kappa shape index (κ3) is 0.515. The van der Waals surface area contributed by atoms with E-state index in [2.05, 4.69) is 18.0 Å². The predicted octanol–water partition coefficient (Wildman–Crippen LogP) is 1.84. The second-order valence-electron chi connectivity index (χ2n) is 2.27. The van der Waals surface area contributed by atoms with Crippen molar-refractivity contribution in [2.24, 2.45) is 4.99 Å². The predicted molar refractivity (Wildman–Crippen MR) is 38.4 cm³/mol. The van der Waals surface area contributed by atoms with Crippen LogP contribution in [-0.2, 0) is 0 Å². The molecular formula is C8H7N. The first-order valence-electron chi connectivity index (χ1n) is 3.01. The molecule has 0 fully saturated rings. The van der Waals surface area contributed by atoms with Gasteiger partial charge >= 0.3 is 0 Å². The molecule has 0 unspecified atom stereocenters. The van der Waals surface area contributed by atoms with Crippen molar-refractivity contribution in [1.29, 1.82) is 0 Å². The fourth-order valence-corrected chi connectivity index (χ4v) is 1.09. The summed E-state index contributed by atoms with van der Waals surface area (Å²) in [4.78, 5) is 4.18. The van der Waals surface area contributed by atoms with Crippen LogP contribution in [0.15, 0.2) is 40.1 Å². The Hall–Kier alpha value is -1.11. The second-order valence-corrected chi connectivity index (χ2v) is 2.27. The molecule has 2 aliphatic rings. The molecule has 1 heteroatoms. The van der Waals surface area contributed by atoms with Crippen molar-refractivity contribution >= 4 is 6.21 Å². The zero-order valence-corrected chi connectivity index (χ0v) is 5.26. The molecule has 0 saturated heterocycles. The molecule has 2 rings (SSSR count). The van der Waals surface area contributed by atoms with Crippen molar-refractivity contribution in [2.45, 2.75) is 6.92 Å². The topological polar surface area (TPSA) is 12.4 Å². The normalized spacial score (nSPS) is 21.2. The fraction of sp³-hybridized carbons (Fsp3) is 0.125. The van der Waals surface area contributed by atoms with Gasteiger partial charge in [0.15, 0.2) is 0 Å². The lowest BCUT2D eigenvalue weighted by atomic mass is 10.2. The Labute approximate surface area is 54.1 Å². The lowest BCUT2D eigenvalue weighted by molar-refractivity contribution is 1.42. The molecular weight excluding hydrogens is 110 g/mol. The highest BCUT2D eigenvalue weighted by Gasteiger charge is 2.11. The minimum atomic E-state index is 1.12. The van der Waals surface area contributed by atoms with Crippen LogP contribution in [0.25, 0.3) is 0 Å². The number of fused-ring (bicyclic) bond motifs is 1. The van der Waals surface area contributed by atoms with E-state index in [4.69, 9.17) is 0 Å². The summed E-state index contributed by atoms with van der Waals surface area (Å²) in [6.07, 6.45) is 8.06. The maximum Gasteiger partial charge on any atom is 0.0705 e. The molecule has 1 aliphatic carbocycles. The molecule has 0 atom stereocenters. The molecule has 0 aromatic heterocycles. The van der Waals surface area contributed by atoms with Gasteiger partial charge in [0.2, 0.25) is 0 Å². The summed E-state index contributed by atoms with van der Waals surface area (Å²) in [7, 11) is 0. The molecule has 0 spiro atoms. The maximum absolute atomic E-state index is 4.18. The van der Waals surface area contributed by atoms with Gasteiger partial charge in [0.25, 0.3) is 0 Å². The standard InChI is InChI=1S/C8H7N/c1-6-5-9-8-4-2-3-7(6)8/h2-5H,1H3. The molecule has 1 aliphatic heterocycles. The third-order valence-electron chi connectivity index (χ3n) is 1.62. The Balaban J connectivity index is 2.62. The Morgan fingerprint density at radius 1 is 1.44 bits per heavy atom. The van der Waals surface area contributed by atoms with E-state index in [1.165, 1.54) is 11.1 Å². The monoisotopic (exact) mass is 117 g/mol. The summed E-state index contributed by atoms with van der Waals surface area (Å²) in [5.74, 6) is 0. The van der Waals surface area contributed by atoms with E-state index in [1.807, 2.05) is 18.4 Å². The van der Waals surface area contributed by atoms with Crippen LogP contribution in [-0.4, -0.2) is 6.21 Å². The number of nitrogens with zero attached hydrogens (tertiary/aromatic N) is 1. The van der Waals surface area contributed by atoms with E-state index in [-0.39, 0.29) is 0 Å². The third-order valence-corrected chi connectivity index (χ3v) is 1.62. The van der Waals surface area contributed by atoms with Gasteiger partial charge in [-0.15, -0.1) is 0 Å². The van der Waals surface area contributed by atoms with Crippen LogP contribution in [0.3, 0.4) is 0 Å².